The molecule has 5 rings (SSSR count). The molecule has 1 amide bonds. The Hall–Kier alpha value is -3.25. The lowest BCUT2D eigenvalue weighted by molar-refractivity contribution is -0.113. The third kappa shape index (κ3) is 4.42. The van der Waals surface area contributed by atoms with Crippen molar-refractivity contribution in [2.24, 2.45) is 4.99 Å². The van der Waals surface area contributed by atoms with Crippen LogP contribution >= 0.6 is 35.0 Å². The largest absolute Gasteiger partial charge is 0.496 e. The summed E-state index contributed by atoms with van der Waals surface area (Å²) in [5.41, 5.74) is 2.23. The van der Waals surface area contributed by atoms with E-state index in [-0.39, 0.29) is 5.91 Å². The number of hydrogen-bond donors (Lipinski definition) is 0. The number of anilines is 1. The first-order valence-electron chi connectivity index (χ1n) is 10.4. The second-order valence-corrected chi connectivity index (χ2v) is 9.38. The first kappa shape index (κ1) is 22.5. The average Bonchev–Trinajstić information content (AvgIpc) is 3.15. The van der Waals surface area contributed by atoms with Gasteiger partial charge in [-0.05, 0) is 83.2 Å². The molecule has 4 nitrogen and oxygen atoms in total. The normalized spacial score (nSPS) is 16.1. The Morgan fingerprint density at radius 2 is 1.56 bits per heavy atom. The molecule has 0 radical (unpaired) electrons. The zero-order chi connectivity index (χ0) is 23.7. The van der Waals surface area contributed by atoms with Gasteiger partial charge in [-0.25, -0.2) is 4.99 Å². The van der Waals surface area contributed by atoms with Crippen LogP contribution in [-0.4, -0.2) is 18.2 Å². The van der Waals surface area contributed by atoms with Gasteiger partial charge in [0.25, 0.3) is 5.91 Å². The molecule has 34 heavy (non-hydrogen) atoms. The number of methoxy groups -OCH3 is 1. The molecule has 7 heteroatoms. The molecule has 0 spiro atoms. The van der Waals surface area contributed by atoms with E-state index in [0.717, 1.165) is 16.3 Å². The van der Waals surface area contributed by atoms with Crippen LogP contribution in [0.3, 0.4) is 0 Å². The summed E-state index contributed by atoms with van der Waals surface area (Å²) in [4.78, 5) is 20.5. The summed E-state index contributed by atoms with van der Waals surface area (Å²) in [6.07, 6.45) is 1.88. The summed E-state index contributed by atoms with van der Waals surface area (Å²) in [5, 5.41) is 3.83. The minimum atomic E-state index is -0.171. The molecule has 4 aromatic rings. The lowest BCUT2D eigenvalue weighted by Gasteiger charge is -2.15. The van der Waals surface area contributed by atoms with E-state index >= 15 is 0 Å². The number of halogens is 2. The van der Waals surface area contributed by atoms with Crippen molar-refractivity contribution in [3.8, 4) is 5.75 Å². The van der Waals surface area contributed by atoms with Gasteiger partial charge in [-0.2, -0.15) is 0 Å². The number of ether oxygens (including phenoxy) is 1. The Balaban J connectivity index is 1.64. The number of aliphatic imine (C=N–C) groups is 1. The highest BCUT2D eigenvalue weighted by molar-refractivity contribution is 8.19. The van der Waals surface area contributed by atoms with E-state index in [1.165, 1.54) is 11.8 Å². The fourth-order valence-electron chi connectivity index (χ4n) is 3.73. The summed E-state index contributed by atoms with van der Waals surface area (Å²) in [6.45, 7) is 0. The fourth-order valence-corrected chi connectivity index (χ4v) is 4.96. The maximum Gasteiger partial charge on any atom is 0.271 e. The Labute approximate surface area is 211 Å². The van der Waals surface area contributed by atoms with Gasteiger partial charge >= 0.3 is 0 Å². The van der Waals surface area contributed by atoms with E-state index in [4.69, 9.17) is 32.9 Å². The van der Waals surface area contributed by atoms with E-state index in [1.54, 1.807) is 48.4 Å². The van der Waals surface area contributed by atoms with Gasteiger partial charge in [-0.15, -0.1) is 0 Å². The number of thioether (sulfide) groups is 1. The molecule has 0 unspecified atom stereocenters. The molecule has 4 aromatic carbocycles. The van der Waals surface area contributed by atoms with Crippen LogP contribution in [0.2, 0.25) is 10.0 Å². The van der Waals surface area contributed by atoms with Gasteiger partial charge in [0.2, 0.25) is 0 Å². The number of carbonyl (C=O) groups excluding carboxylic acids is 1. The monoisotopic (exact) mass is 504 g/mol. The third-order valence-electron chi connectivity index (χ3n) is 5.37. The minimum absolute atomic E-state index is 0.171. The number of hydrogen-bond acceptors (Lipinski definition) is 4. The molecular formula is C27H18Cl2N2O2S. The van der Waals surface area contributed by atoms with Crippen LogP contribution in [0.25, 0.3) is 16.8 Å². The maximum absolute atomic E-state index is 13.6. The zero-order valence-corrected chi connectivity index (χ0v) is 20.4. The Kier molecular flexibility index (Phi) is 6.33. The molecule has 0 atom stereocenters. The molecule has 1 saturated heterocycles. The van der Waals surface area contributed by atoms with E-state index in [2.05, 4.69) is 0 Å². The van der Waals surface area contributed by atoms with Crippen molar-refractivity contribution in [1.82, 2.24) is 0 Å². The summed E-state index contributed by atoms with van der Waals surface area (Å²) < 4.78 is 5.62. The van der Waals surface area contributed by atoms with Crippen molar-refractivity contribution >= 4 is 74.3 Å². The Morgan fingerprint density at radius 3 is 2.26 bits per heavy atom. The summed E-state index contributed by atoms with van der Waals surface area (Å²) in [5.74, 6) is 0.524. The van der Waals surface area contributed by atoms with Gasteiger partial charge in [-0.3, -0.25) is 9.69 Å². The van der Waals surface area contributed by atoms with Gasteiger partial charge in [0.15, 0.2) is 5.17 Å². The highest BCUT2D eigenvalue weighted by Crippen LogP contribution is 2.40. The van der Waals surface area contributed by atoms with Crippen molar-refractivity contribution in [3.63, 3.8) is 0 Å². The smallest absolute Gasteiger partial charge is 0.271 e. The number of amides is 1. The molecule has 1 aliphatic rings. The van der Waals surface area contributed by atoms with Crippen LogP contribution in [0.15, 0.2) is 94.8 Å². The molecule has 0 bridgehead atoms. The van der Waals surface area contributed by atoms with E-state index < -0.39 is 0 Å². The van der Waals surface area contributed by atoms with Crippen molar-refractivity contribution in [3.05, 3.63) is 105 Å². The van der Waals surface area contributed by atoms with E-state index in [9.17, 15) is 4.79 Å². The first-order valence-corrected chi connectivity index (χ1v) is 12.0. The maximum atomic E-state index is 13.6. The number of fused-ring (bicyclic) bond motifs is 1. The Bertz CT molecular complexity index is 1450. The highest BCUT2D eigenvalue weighted by atomic mass is 35.5. The van der Waals surface area contributed by atoms with E-state index in [1.807, 2.05) is 54.6 Å². The SMILES string of the molecule is COc1ccc2ccccc2c1/C=C1\SC(=Nc2ccc(Cl)cc2)N(c2ccc(Cl)cc2)C1=O. The van der Waals surface area contributed by atoms with Crippen molar-refractivity contribution in [2.75, 3.05) is 12.0 Å². The van der Waals surface area contributed by atoms with Crippen LogP contribution in [0, 0.1) is 0 Å². The Morgan fingerprint density at radius 1 is 0.882 bits per heavy atom. The number of benzene rings is 4. The molecule has 0 N–H and O–H groups in total. The lowest BCUT2D eigenvalue weighted by Crippen LogP contribution is -2.28. The second-order valence-electron chi connectivity index (χ2n) is 7.50. The number of amidine groups is 1. The predicted octanol–water partition coefficient (Wildman–Crippen LogP) is 7.96. The van der Waals surface area contributed by atoms with E-state index in [0.29, 0.717) is 37.2 Å². The van der Waals surface area contributed by atoms with Crippen LogP contribution in [0.5, 0.6) is 5.75 Å². The number of carbonyl (C=O) groups is 1. The quantitative estimate of drug-likeness (QED) is 0.264. The van der Waals surface area contributed by atoms with Gasteiger partial charge in [0.05, 0.1) is 23.4 Å². The lowest BCUT2D eigenvalue weighted by atomic mass is 10.0. The fraction of sp³-hybridized carbons (Fsp3) is 0.0370. The molecule has 0 saturated carbocycles. The molecule has 1 aliphatic heterocycles. The zero-order valence-electron chi connectivity index (χ0n) is 18.0. The second kappa shape index (κ2) is 9.55. The van der Waals surface area contributed by atoms with Crippen LogP contribution < -0.4 is 9.64 Å². The third-order valence-corrected chi connectivity index (χ3v) is 6.84. The van der Waals surface area contributed by atoms with Gasteiger partial charge in [-0.1, -0.05) is 53.5 Å². The molecule has 1 heterocycles. The topological polar surface area (TPSA) is 41.9 Å². The standard InChI is InChI=1S/C27H18Cl2N2O2S/c1-33-24-15-6-17-4-2-3-5-22(17)23(24)16-25-26(32)31(21-13-9-19(29)10-14-21)27(34-25)30-20-11-7-18(28)8-12-20/h2-16H,1H3/b25-16-,30-27?. The predicted molar refractivity (Wildman–Crippen MR) is 144 cm³/mol. The molecule has 1 fully saturated rings. The molecular weight excluding hydrogens is 487 g/mol. The van der Waals surface area contributed by atoms with Gasteiger partial charge in [0.1, 0.15) is 5.75 Å². The molecule has 0 aliphatic carbocycles. The van der Waals surface area contributed by atoms with Crippen LogP contribution in [-0.2, 0) is 4.79 Å². The summed E-state index contributed by atoms with van der Waals surface area (Å²) >= 11 is 13.4. The van der Waals surface area contributed by atoms with Crippen LogP contribution in [0.1, 0.15) is 5.56 Å². The first-order chi connectivity index (χ1) is 16.5. The van der Waals surface area contributed by atoms with Crippen molar-refractivity contribution in [2.45, 2.75) is 0 Å². The molecule has 0 aromatic heterocycles. The molecule has 168 valence electrons. The average molecular weight is 505 g/mol. The number of nitrogens with zero attached hydrogens (tertiary/aromatic N) is 2. The van der Waals surface area contributed by atoms with Crippen LogP contribution in [0.4, 0.5) is 11.4 Å². The summed E-state index contributed by atoms with van der Waals surface area (Å²) in [7, 11) is 1.63. The summed E-state index contributed by atoms with van der Waals surface area (Å²) in [6, 6.07) is 26.2. The van der Waals surface area contributed by atoms with Gasteiger partial charge < -0.3 is 4.74 Å². The highest BCUT2D eigenvalue weighted by Gasteiger charge is 2.35. The van der Waals surface area contributed by atoms with Crippen molar-refractivity contribution < 1.29 is 9.53 Å². The van der Waals surface area contributed by atoms with Crippen molar-refractivity contribution in [1.29, 1.82) is 0 Å². The number of rotatable bonds is 4. The minimum Gasteiger partial charge on any atom is -0.496 e. The van der Waals surface area contributed by atoms with Gasteiger partial charge in [0, 0.05) is 15.6 Å².